The molecule has 0 saturated heterocycles. The first-order valence-corrected chi connectivity index (χ1v) is 9.83. The predicted octanol–water partition coefficient (Wildman–Crippen LogP) is 3.81. The van der Waals surface area contributed by atoms with E-state index in [1.807, 2.05) is 6.08 Å². The molecule has 3 heteroatoms. The van der Waals surface area contributed by atoms with Gasteiger partial charge in [-0.05, 0) is 5.56 Å². The van der Waals surface area contributed by atoms with Crippen LogP contribution in [0.3, 0.4) is 0 Å². The highest BCUT2D eigenvalue weighted by Gasteiger charge is 2.27. The maximum atomic E-state index is 3.86. The Morgan fingerprint density at radius 2 is 1.94 bits per heavy atom. The molecule has 0 N–H and O–H groups in total. The van der Waals surface area contributed by atoms with Gasteiger partial charge in [0.05, 0.1) is 0 Å². The first-order valence-electron chi connectivity index (χ1n) is 5.56. The number of alkyl halides is 1. The van der Waals surface area contributed by atoms with Crippen molar-refractivity contribution in [3.05, 3.63) is 48.6 Å². The average molecular weight is 298 g/mol. The van der Waals surface area contributed by atoms with Crippen molar-refractivity contribution in [2.24, 2.45) is 0 Å². The second-order valence-electron chi connectivity index (χ2n) is 4.60. The molecule has 16 heavy (non-hydrogen) atoms. The maximum absolute atomic E-state index is 3.86. The number of hydrogen-bond acceptors (Lipinski definition) is 1. The van der Waals surface area contributed by atoms with E-state index < -0.39 is 8.24 Å². The van der Waals surface area contributed by atoms with E-state index in [0.29, 0.717) is 0 Å². The Morgan fingerprint density at radius 1 is 1.31 bits per heavy atom. The van der Waals surface area contributed by atoms with E-state index >= 15 is 0 Å². The highest BCUT2D eigenvalue weighted by atomic mass is 79.9. The highest BCUT2D eigenvalue weighted by Crippen LogP contribution is 2.16. The average Bonchev–Trinajstić information content (AvgIpc) is 2.30. The Morgan fingerprint density at radius 3 is 2.44 bits per heavy atom. The second-order valence-corrected chi connectivity index (χ2v) is 10.8. The van der Waals surface area contributed by atoms with Gasteiger partial charge in [0.2, 0.25) is 0 Å². The van der Waals surface area contributed by atoms with Crippen molar-refractivity contribution < 1.29 is 0 Å². The van der Waals surface area contributed by atoms with E-state index in [1.54, 1.807) is 0 Å². The van der Waals surface area contributed by atoms with E-state index in [0.717, 1.165) is 18.0 Å². The summed E-state index contributed by atoms with van der Waals surface area (Å²) in [6.07, 6.45) is 2.00. The molecule has 0 heterocycles. The summed E-state index contributed by atoms with van der Waals surface area (Å²) in [7, 11) is -1.33. The van der Waals surface area contributed by atoms with E-state index in [1.165, 1.54) is 5.56 Å². The molecule has 0 saturated carbocycles. The summed E-state index contributed by atoms with van der Waals surface area (Å²) in [5, 5.41) is 0. The molecular formula is C13H20BrNSi. The summed E-state index contributed by atoms with van der Waals surface area (Å²) < 4.78 is 2.56. The minimum absolute atomic E-state index is 0.972. The zero-order valence-electron chi connectivity index (χ0n) is 10.1. The van der Waals surface area contributed by atoms with Crippen molar-refractivity contribution >= 4 is 24.2 Å². The van der Waals surface area contributed by atoms with Gasteiger partial charge in [0.25, 0.3) is 0 Å². The van der Waals surface area contributed by atoms with Crippen LogP contribution in [0.5, 0.6) is 0 Å². The summed E-state index contributed by atoms with van der Waals surface area (Å²) in [6.45, 7) is 10.6. The second kappa shape index (κ2) is 6.38. The van der Waals surface area contributed by atoms with Gasteiger partial charge in [-0.3, -0.25) is 0 Å². The Hall–Kier alpha value is -0.383. The predicted molar refractivity (Wildman–Crippen MR) is 78.3 cm³/mol. The van der Waals surface area contributed by atoms with Gasteiger partial charge < -0.3 is 4.57 Å². The third-order valence-electron chi connectivity index (χ3n) is 2.75. The van der Waals surface area contributed by atoms with Crippen LogP contribution in [0.2, 0.25) is 13.1 Å². The van der Waals surface area contributed by atoms with Crippen molar-refractivity contribution in [3.8, 4) is 0 Å². The minimum Gasteiger partial charge on any atom is -0.316 e. The fraction of sp³-hybridized carbons (Fsp3) is 0.385. The molecule has 1 aromatic rings. The minimum atomic E-state index is -1.33. The molecule has 1 aromatic carbocycles. The molecule has 1 rings (SSSR count). The molecule has 0 aliphatic heterocycles. The fourth-order valence-corrected chi connectivity index (χ4v) is 4.04. The molecule has 0 amide bonds. The van der Waals surface area contributed by atoms with Gasteiger partial charge in [-0.1, -0.05) is 65.4 Å². The lowest BCUT2D eigenvalue weighted by Gasteiger charge is -2.35. The van der Waals surface area contributed by atoms with Gasteiger partial charge in [-0.2, -0.15) is 0 Å². The molecule has 0 fully saturated rings. The standard InChI is InChI=1S/C13H20BrNSi/c1-4-10-15(16(2,3)12-14)11-13-8-6-5-7-9-13/h4-9H,1,10-12H2,2-3H3. The quantitative estimate of drug-likeness (QED) is 0.438. The van der Waals surface area contributed by atoms with Crippen LogP contribution in [0.15, 0.2) is 43.0 Å². The Kier molecular flexibility index (Phi) is 5.45. The summed E-state index contributed by atoms with van der Waals surface area (Å²) >= 11 is 3.64. The molecular weight excluding hydrogens is 278 g/mol. The zero-order chi connectivity index (χ0) is 12.0. The number of benzene rings is 1. The van der Waals surface area contributed by atoms with Crippen LogP contribution < -0.4 is 0 Å². The third-order valence-corrected chi connectivity index (χ3v) is 9.57. The van der Waals surface area contributed by atoms with Crippen LogP contribution in [0.25, 0.3) is 0 Å². The summed E-state index contributed by atoms with van der Waals surface area (Å²) in [5.74, 6) is 0. The van der Waals surface area contributed by atoms with Crippen LogP contribution in [0.1, 0.15) is 5.56 Å². The van der Waals surface area contributed by atoms with Crippen LogP contribution in [-0.4, -0.2) is 24.3 Å². The summed E-state index contributed by atoms with van der Waals surface area (Å²) in [5.41, 5.74) is 1.38. The third kappa shape index (κ3) is 3.89. The summed E-state index contributed by atoms with van der Waals surface area (Å²) in [4.78, 5) is 1.10. The highest BCUT2D eigenvalue weighted by molar-refractivity contribution is 9.09. The Balaban J connectivity index is 2.76. The van der Waals surface area contributed by atoms with Crippen LogP contribution in [-0.2, 0) is 6.54 Å². The van der Waals surface area contributed by atoms with Crippen LogP contribution in [0, 0.1) is 0 Å². The summed E-state index contributed by atoms with van der Waals surface area (Å²) in [6, 6.07) is 10.6. The monoisotopic (exact) mass is 297 g/mol. The van der Waals surface area contributed by atoms with Crippen molar-refractivity contribution in [3.63, 3.8) is 0 Å². The molecule has 0 atom stereocenters. The number of rotatable bonds is 6. The SMILES string of the molecule is C=CCN(Cc1ccccc1)[Si](C)(C)CBr. The van der Waals surface area contributed by atoms with E-state index in [-0.39, 0.29) is 0 Å². The molecule has 0 aliphatic carbocycles. The molecule has 0 bridgehead atoms. The molecule has 0 unspecified atom stereocenters. The van der Waals surface area contributed by atoms with E-state index in [9.17, 15) is 0 Å². The first kappa shape index (κ1) is 13.7. The molecule has 88 valence electrons. The van der Waals surface area contributed by atoms with Crippen LogP contribution in [0.4, 0.5) is 0 Å². The lowest BCUT2D eigenvalue weighted by Crippen LogP contribution is -2.50. The van der Waals surface area contributed by atoms with Crippen molar-refractivity contribution in [2.75, 3.05) is 11.5 Å². The zero-order valence-corrected chi connectivity index (χ0v) is 12.7. The van der Waals surface area contributed by atoms with Crippen LogP contribution >= 0.6 is 15.9 Å². The first-order chi connectivity index (χ1) is 7.60. The number of halogens is 1. The molecule has 0 aromatic heterocycles. The van der Waals surface area contributed by atoms with Gasteiger partial charge >= 0.3 is 0 Å². The van der Waals surface area contributed by atoms with Crippen molar-refractivity contribution in [1.82, 2.24) is 4.57 Å². The van der Waals surface area contributed by atoms with Gasteiger partial charge in [-0.15, -0.1) is 6.58 Å². The lowest BCUT2D eigenvalue weighted by atomic mass is 10.2. The normalized spacial score (nSPS) is 11.8. The topological polar surface area (TPSA) is 3.24 Å². The Bertz CT molecular complexity index is 324. The van der Waals surface area contributed by atoms with Gasteiger partial charge in [-0.25, -0.2) is 0 Å². The van der Waals surface area contributed by atoms with Gasteiger partial charge in [0.1, 0.15) is 8.24 Å². The molecule has 0 radical (unpaired) electrons. The lowest BCUT2D eigenvalue weighted by molar-refractivity contribution is 0.461. The van der Waals surface area contributed by atoms with E-state index in [4.69, 9.17) is 0 Å². The number of nitrogens with zero attached hydrogens (tertiary/aromatic N) is 1. The van der Waals surface area contributed by atoms with Gasteiger partial charge in [0.15, 0.2) is 0 Å². The molecule has 0 spiro atoms. The van der Waals surface area contributed by atoms with E-state index in [2.05, 4.69) is 70.5 Å². The largest absolute Gasteiger partial charge is 0.316 e. The maximum Gasteiger partial charge on any atom is 0.133 e. The fourth-order valence-electron chi connectivity index (χ4n) is 1.57. The van der Waals surface area contributed by atoms with Crippen molar-refractivity contribution in [1.29, 1.82) is 0 Å². The Labute approximate surface area is 108 Å². The smallest absolute Gasteiger partial charge is 0.133 e. The number of hydrogen-bond donors (Lipinski definition) is 0. The molecule has 0 aliphatic rings. The van der Waals surface area contributed by atoms with Gasteiger partial charge in [0, 0.05) is 18.0 Å². The molecule has 1 nitrogen and oxygen atoms in total. The van der Waals surface area contributed by atoms with Crippen molar-refractivity contribution in [2.45, 2.75) is 19.6 Å².